The molecular formula is C14H16N2O. The lowest BCUT2D eigenvalue weighted by Crippen LogP contribution is -2.38. The molecule has 1 aliphatic rings. The molecular weight excluding hydrogens is 212 g/mol. The molecule has 3 nitrogen and oxygen atoms in total. The molecule has 88 valence electrons. The average molecular weight is 228 g/mol. The van der Waals surface area contributed by atoms with Gasteiger partial charge in [0.05, 0.1) is 11.6 Å². The van der Waals surface area contributed by atoms with Crippen molar-refractivity contribution in [2.75, 3.05) is 18.0 Å². The predicted octanol–water partition coefficient (Wildman–Crippen LogP) is 2.20. The summed E-state index contributed by atoms with van der Waals surface area (Å²) in [6, 6.07) is 12.3. The number of pyridine rings is 1. The van der Waals surface area contributed by atoms with E-state index in [-0.39, 0.29) is 6.10 Å². The van der Waals surface area contributed by atoms with E-state index in [0.29, 0.717) is 6.54 Å². The molecule has 0 bridgehead atoms. The minimum atomic E-state index is -0.211. The maximum Gasteiger partial charge on any atom is 0.129 e. The van der Waals surface area contributed by atoms with Gasteiger partial charge in [-0.2, -0.15) is 0 Å². The third-order valence-electron chi connectivity index (χ3n) is 3.30. The lowest BCUT2D eigenvalue weighted by Gasteiger charge is -2.31. The monoisotopic (exact) mass is 228 g/mol. The van der Waals surface area contributed by atoms with Gasteiger partial charge in [0.1, 0.15) is 5.82 Å². The first-order chi connectivity index (χ1) is 8.33. The summed E-state index contributed by atoms with van der Waals surface area (Å²) in [6.45, 7) is 1.69. The number of hydrogen-bond acceptors (Lipinski definition) is 3. The van der Waals surface area contributed by atoms with Gasteiger partial charge in [-0.25, -0.2) is 4.98 Å². The van der Waals surface area contributed by atoms with Gasteiger partial charge in [-0.05, 0) is 31.0 Å². The van der Waals surface area contributed by atoms with E-state index in [4.69, 9.17) is 0 Å². The second kappa shape index (κ2) is 4.34. The molecule has 0 radical (unpaired) electrons. The van der Waals surface area contributed by atoms with Crippen molar-refractivity contribution < 1.29 is 5.11 Å². The van der Waals surface area contributed by atoms with Crippen molar-refractivity contribution in [1.29, 1.82) is 0 Å². The third kappa shape index (κ3) is 2.11. The van der Waals surface area contributed by atoms with E-state index in [2.05, 4.69) is 22.0 Å². The van der Waals surface area contributed by atoms with Gasteiger partial charge in [-0.3, -0.25) is 0 Å². The predicted molar refractivity (Wildman–Crippen MR) is 69.2 cm³/mol. The Hall–Kier alpha value is -1.61. The van der Waals surface area contributed by atoms with Crippen LogP contribution < -0.4 is 4.90 Å². The molecule has 0 unspecified atom stereocenters. The Morgan fingerprint density at radius 1 is 1.18 bits per heavy atom. The number of β-amino-alcohol motifs (C(OH)–C–C–N with tert-alkyl or cyclic N) is 1. The smallest absolute Gasteiger partial charge is 0.129 e. The van der Waals surface area contributed by atoms with E-state index in [9.17, 15) is 5.11 Å². The van der Waals surface area contributed by atoms with Gasteiger partial charge < -0.3 is 10.0 Å². The molecule has 1 atom stereocenters. The SMILES string of the molecule is O[C@@H]1CCCN(c2ccc3ccccc3n2)C1. The Morgan fingerprint density at radius 3 is 2.94 bits per heavy atom. The molecule has 1 aromatic heterocycles. The van der Waals surface area contributed by atoms with Crippen molar-refractivity contribution in [1.82, 2.24) is 4.98 Å². The van der Waals surface area contributed by atoms with Crippen molar-refractivity contribution in [3.05, 3.63) is 36.4 Å². The Balaban J connectivity index is 1.94. The Bertz CT molecular complexity index is 526. The summed E-state index contributed by atoms with van der Waals surface area (Å²) in [7, 11) is 0. The van der Waals surface area contributed by atoms with Gasteiger partial charge in [-0.1, -0.05) is 18.2 Å². The molecule has 1 saturated heterocycles. The fraction of sp³-hybridized carbons (Fsp3) is 0.357. The van der Waals surface area contributed by atoms with Crippen molar-refractivity contribution in [2.24, 2.45) is 0 Å². The van der Waals surface area contributed by atoms with Gasteiger partial charge in [0, 0.05) is 18.5 Å². The van der Waals surface area contributed by atoms with Gasteiger partial charge in [0.2, 0.25) is 0 Å². The maximum atomic E-state index is 9.68. The summed E-state index contributed by atoms with van der Waals surface area (Å²) >= 11 is 0. The molecule has 0 aliphatic carbocycles. The molecule has 0 spiro atoms. The number of nitrogens with zero attached hydrogens (tertiary/aromatic N) is 2. The number of piperidine rings is 1. The molecule has 0 saturated carbocycles. The van der Waals surface area contributed by atoms with Crippen LogP contribution in [0.25, 0.3) is 10.9 Å². The highest BCUT2D eigenvalue weighted by molar-refractivity contribution is 5.80. The first kappa shape index (κ1) is 10.5. The Labute approximate surface area is 101 Å². The number of aliphatic hydroxyl groups is 1. The fourth-order valence-corrected chi connectivity index (χ4v) is 2.39. The molecule has 3 rings (SSSR count). The van der Waals surface area contributed by atoms with Crippen molar-refractivity contribution in [2.45, 2.75) is 18.9 Å². The van der Waals surface area contributed by atoms with Crippen molar-refractivity contribution >= 4 is 16.7 Å². The average Bonchev–Trinajstić information content (AvgIpc) is 2.38. The van der Waals surface area contributed by atoms with Crippen LogP contribution in [0, 0.1) is 0 Å². The molecule has 2 aromatic rings. The number of rotatable bonds is 1. The molecule has 1 aliphatic heterocycles. The van der Waals surface area contributed by atoms with Crippen LogP contribution in [0.4, 0.5) is 5.82 Å². The van der Waals surface area contributed by atoms with Gasteiger partial charge in [0.15, 0.2) is 0 Å². The highest BCUT2D eigenvalue weighted by Gasteiger charge is 2.18. The summed E-state index contributed by atoms with van der Waals surface area (Å²) in [5, 5.41) is 10.8. The number of para-hydroxylation sites is 1. The zero-order valence-corrected chi connectivity index (χ0v) is 9.71. The van der Waals surface area contributed by atoms with Gasteiger partial charge >= 0.3 is 0 Å². The summed E-state index contributed by atoms with van der Waals surface area (Å²) in [5.41, 5.74) is 1.02. The van der Waals surface area contributed by atoms with E-state index in [1.165, 1.54) is 0 Å². The molecule has 1 N–H and O–H groups in total. The summed E-state index contributed by atoms with van der Waals surface area (Å²) < 4.78 is 0. The molecule has 2 heterocycles. The number of benzene rings is 1. The van der Waals surface area contributed by atoms with E-state index in [0.717, 1.165) is 36.1 Å². The van der Waals surface area contributed by atoms with Crippen LogP contribution in [0.5, 0.6) is 0 Å². The van der Waals surface area contributed by atoms with Crippen molar-refractivity contribution in [3.63, 3.8) is 0 Å². The van der Waals surface area contributed by atoms with Crippen LogP contribution >= 0.6 is 0 Å². The number of hydrogen-bond donors (Lipinski definition) is 1. The van der Waals surface area contributed by atoms with E-state index in [1.807, 2.05) is 24.3 Å². The van der Waals surface area contributed by atoms with E-state index < -0.39 is 0 Å². The van der Waals surface area contributed by atoms with Gasteiger partial charge in [0.25, 0.3) is 0 Å². The zero-order valence-electron chi connectivity index (χ0n) is 9.71. The quantitative estimate of drug-likeness (QED) is 0.813. The molecule has 3 heteroatoms. The third-order valence-corrected chi connectivity index (χ3v) is 3.30. The maximum absolute atomic E-state index is 9.68. The Kier molecular flexibility index (Phi) is 2.69. The number of fused-ring (bicyclic) bond motifs is 1. The van der Waals surface area contributed by atoms with Crippen LogP contribution in [-0.2, 0) is 0 Å². The molecule has 1 aromatic carbocycles. The highest BCUT2D eigenvalue weighted by Crippen LogP contribution is 2.21. The largest absolute Gasteiger partial charge is 0.391 e. The zero-order chi connectivity index (χ0) is 11.7. The minimum Gasteiger partial charge on any atom is -0.391 e. The fourth-order valence-electron chi connectivity index (χ4n) is 2.39. The first-order valence-electron chi connectivity index (χ1n) is 6.12. The normalized spacial score (nSPS) is 20.8. The molecule has 17 heavy (non-hydrogen) atoms. The number of aromatic nitrogens is 1. The van der Waals surface area contributed by atoms with Crippen LogP contribution in [0.1, 0.15) is 12.8 Å². The van der Waals surface area contributed by atoms with Crippen LogP contribution in [0.2, 0.25) is 0 Å². The highest BCUT2D eigenvalue weighted by atomic mass is 16.3. The second-order valence-electron chi connectivity index (χ2n) is 4.60. The number of anilines is 1. The Morgan fingerprint density at radius 2 is 2.06 bits per heavy atom. The molecule has 1 fully saturated rings. The summed E-state index contributed by atoms with van der Waals surface area (Å²) in [6.07, 6.45) is 1.73. The van der Waals surface area contributed by atoms with E-state index in [1.54, 1.807) is 0 Å². The molecule has 0 amide bonds. The van der Waals surface area contributed by atoms with Crippen LogP contribution in [-0.4, -0.2) is 29.3 Å². The standard InChI is InChI=1S/C14H16N2O/c17-12-5-3-9-16(10-12)14-8-7-11-4-1-2-6-13(11)15-14/h1-2,4,6-8,12,17H,3,5,9-10H2/t12-/m1/s1. The van der Waals surface area contributed by atoms with E-state index >= 15 is 0 Å². The van der Waals surface area contributed by atoms with Crippen LogP contribution in [0.15, 0.2) is 36.4 Å². The number of aliphatic hydroxyl groups excluding tert-OH is 1. The first-order valence-corrected chi connectivity index (χ1v) is 6.12. The summed E-state index contributed by atoms with van der Waals surface area (Å²) in [5.74, 6) is 0.974. The lowest BCUT2D eigenvalue weighted by atomic mass is 10.1. The topological polar surface area (TPSA) is 36.4 Å². The van der Waals surface area contributed by atoms with Crippen LogP contribution in [0.3, 0.4) is 0 Å². The van der Waals surface area contributed by atoms with Gasteiger partial charge in [-0.15, -0.1) is 0 Å². The van der Waals surface area contributed by atoms with Crippen molar-refractivity contribution in [3.8, 4) is 0 Å². The lowest BCUT2D eigenvalue weighted by molar-refractivity contribution is 0.154. The second-order valence-corrected chi connectivity index (χ2v) is 4.60. The minimum absolute atomic E-state index is 0.211. The summed E-state index contributed by atoms with van der Waals surface area (Å²) in [4.78, 5) is 6.82.